The van der Waals surface area contributed by atoms with Gasteiger partial charge in [0.25, 0.3) is 0 Å². The molecule has 0 unspecified atom stereocenters. The van der Waals surface area contributed by atoms with Gasteiger partial charge in [-0.2, -0.15) is 10.4 Å². The highest BCUT2D eigenvalue weighted by atomic mass is 15.3. The fraction of sp³-hybridized carbons (Fsp3) is 0.571. The molecular formula is C14H19N7. The molecule has 110 valence electrons. The monoisotopic (exact) mass is 285 g/mol. The van der Waals surface area contributed by atoms with E-state index in [0.717, 1.165) is 56.0 Å². The Labute approximate surface area is 123 Å². The van der Waals surface area contributed by atoms with Crippen molar-refractivity contribution < 1.29 is 0 Å². The minimum absolute atomic E-state index is 0.539. The van der Waals surface area contributed by atoms with Gasteiger partial charge in [0.05, 0.1) is 17.7 Å². The smallest absolute Gasteiger partial charge is 0.163 e. The number of nitrogens with zero attached hydrogens (tertiary/aromatic N) is 7. The van der Waals surface area contributed by atoms with E-state index in [1.807, 2.05) is 10.9 Å². The summed E-state index contributed by atoms with van der Waals surface area (Å²) in [6.45, 7) is 4.75. The molecule has 0 radical (unpaired) electrons. The molecule has 2 aromatic rings. The maximum absolute atomic E-state index is 8.63. The van der Waals surface area contributed by atoms with Crippen LogP contribution < -0.4 is 4.90 Å². The first-order chi connectivity index (χ1) is 10.3. The Kier molecular flexibility index (Phi) is 3.97. The molecule has 2 aromatic heterocycles. The number of rotatable bonds is 4. The third-order valence-corrected chi connectivity index (χ3v) is 3.87. The molecule has 1 aliphatic heterocycles. The van der Waals surface area contributed by atoms with Crippen LogP contribution >= 0.6 is 0 Å². The summed E-state index contributed by atoms with van der Waals surface area (Å²) in [5, 5.41) is 14.0. The van der Waals surface area contributed by atoms with Crippen LogP contribution in [0.4, 0.5) is 5.82 Å². The van der Waals surface area contributed by atoms with Crippen molar-refractivity contribution in [2.75, 3.05) is 38.1 Å². The number of aromatic nitrogens is 4. The fourth-order valence-electron chi connectivity index (χ4n) is 2.62. The van der Waals surface area contributed by atoms with Crippen LogP contribution in [0, 0.1) is 11.3 Å². The van der Waals surface area contributed by atoms with E-state index < -0.39 is 0 Å². The van der Waals surface area contributed by atoms with E-state index in [1.54, 1.807) is 6.33 Å². The van der Waals surface area contributed by atoms with Gasteiger partial charge in [-0.15, -0.1) is 0 Å². The molecule has 1 saturated heterocycles. The second kappa shape index (κ2) is 6.06. The molecule has 7 nitrogen and oxygen atoms in total. The summed E-state index contributed by atoms with van der Waals surface area (Å²) in [6.07, 6.45) is 4.78. The molecule has 1 aliphatic rings. The molecule has 21 heavy (non-hydrogen) atoms. The van der Waals surface area contributed by atoms with E-state index in [0.29, 0.717) is 6.42 Å². The van der Waals surface area contributed by atoms with Crippen molar-refractivity contribution >= 4 is 16.9 Å². The molecule has 0 N–H and O–H groups in total. The Hall–Kier alpha value is -2.20. The van der Waals surface area contributed by atoms with Crippen LogP contribution in [0.5, 0.6) is 0 Å². The maximum Gasteiger partial charge on any atom is 0.163 e. The lowest BCUT2D eigenvalue weighted by molar-refractivity contribution is 0.312. The zero-order chi connectivity index (χ0) is 14.7. The lowest BCUT2D eigenvalue weighted by Gasteiger charge is -2.33. The van der Waals surface area contributed by atoms with Gasteiger partial charge in [-0.05, 0) is 13.5 Å². The molecule has 0 aromatic carbocycles. The summed E-state index contributed by atoms with van der Waals surface area (Å²) >= 11 is 0. The number of anilines is 1. The zero-order valence-corrected chi connectivity index (χ0v) is 12.2. The first-order valence-corrected chi connectivity index (χ1v) is 7.26. The number of hydrogen-bond donors (Lipinski definition) is 0. The van der Waals surface area contributed by atoms with Gasteiger partial charge >= 0.3 is 0 Å². The van der Waals surface area contributed by atoms with Crippen molar-refractivity contribution in [3.8, 4) is 6.07 Å². The third-order valence-electron chi connectivity index (χ3n) is 3.87. The molecule has 0 aliphatic carbocycles. The average molecular weight is 285 g/mol. The van der Waals surface area contributed by atoms with Gasteiger partial charge in [-0.3, -0.25) is 0 Å². The number of aryl methyl sites for hydroxylation is 1. The van der Waals surface area contributed by atoms with Gasteiger partial charge in [-0.1, -0.05) is 0 Å². The SMILES string of the molecule is CN1CCN(c2ncnc3c2cnn3CCCC#N)CC1. The molecular weight excluding hydrogens is 266 g/mol. The van der Waals surface area contributed by atoms with E-state index in [9.17, 15) is 0 Å². The van der Waals surface area contributed by atoms with E-state index in [2.05, 4.69) is 38.0 Å². The molecule has 0 atom stereocenters. The summed E-state index contributed by atoms with van der Waals surface area (Å²) in [4.78, 5) is 13.4. The van der Waals surface area contributed by atoms with E-state index in [-0.39, 0.29) is 0 Å². The summed E-state index contributed by atoms with van der Waals surface area (Å²) in [6, 6.07) is 2.16. The largest absolute Gasteiger partial charge is 0.353 e. The number of nitriles is 1. The van der Waals surface area contributed by atoms with Crippen LogP contribution in [0.1, 0.15) is 12.8 Å². The summed E-state index contributed by atoms with van der Waals surface area (Å²) in [5.74, 6) is 0.972. The van der Waals surface area contributed by atoms with Gasteiger partial charge in [0.15, 0.2) is 5.65 Å². The number of likely N-dealkylation sites (N-methyl/N-ethyl adjacent to an activating group) is 1. The first kappa shape index (κ1) is 13.8. The van der Waals surface area contributed by atoms with Crippen molar-refractivity contribution in [2.24, 2.45) is 0 Å². The zero-order valence-electron chi connectivity index (χ0n) is 12.2. The normalized spacial score (nSPS) is 16.3. The Balaban J connectivity index is 1.85. The molecule has 0 spiro atoms. The van der Waals surface area contributed by atoms with Gasteiger partial charge < -0.3 is 9.80 Å². The Morgan fingerprint density at radius 2 is 2.05 bits per heavy atom. The van der Waals surface area contributed by atoms with Crippen LogP contribution in [-0.2, 0) is 6.54 Å². The summed E-state index contributed by atoms with van der Waals surface area (Å²) in [7, 11) is 2.14. The predicted molar refractivity (Wildman–Crippen MR) is 79.9 cm³/mol. The number of piperazine rings is 1. The van der Waals surface area contributed by atoms with Crippen molar-refractivity contribution in [3.05, 3.63) is 12.5 Å². The summed E-state index contributed by atoms with van der Waals surface area (Å²) < 4.78 is 1.87. The second-order valence-electron chi connectivity index (χ2n) is 5.35. The van der Waals surface area contributed by atoms with Gasteiger partial charge in [0.1, 0.15) is 12.1 Å². The first-order valence-electron chi connectivity index (χ1n) is 7.26. The number of unbranched alkanes of at least 4 members (excludes halogenated alkanes) is 1. The molecule has 0 amide bonds. The van der Waals surface area contributed by atoms with Gasteiger partial charge in [-0.25, -0.2) is 14.6 Å². The van der Waals surface area contributed by atoms with Crippen LogP contribution in [0.15, 0.2) is 12.5 Å². The van der Waals surface area contributed by atoms with Crippen molar-refractivity contribution in [1.82, 2.24) is 24.6 Å². The Morgan fingerprint density at radius 3 is 2.81 bits per heavy atom. The lowest BCUT2D eigenvalue weighted by Crippen LogP contribution is -2.44. The van der Waals surface area contributed by atoms with E-state index >= 15 is 0 Å². The van der Waals surface area contributed by atoms with Crippen molar-refractivity contribution in [2.45, 2.75) is 19.4 Å². The Morgan fingerprint density at radius 1 is 1.24 bits per heavy atom. The minimum Gasteiger partial charge on any atom is -0.353 e. The fourth-order valence-corrected chi connectivity index (χ4v) is 2.62. The van der Waals surface area contributed by atoms with Crippen molar-refractivity contribution in [3.63, 3.8) is 0 Å². The van der Waals surface area contributed by atoms with Crippen LogP contribution in [0.3, 0.4) is 0 Å². The third kappa shape index (κ3) is 2.81. The highest BCUT2D eigenvalue weighted by Crippen LogP contribution is 2.23. The molecule has 3 rings (SSSR count). The highest BCUT2D eigenvalue weighted by Gasteiger charge is 2.19. The molecule has 0 bridgehead atoms. The highest BCUT2D eigenvalue weighted by molar-refractivity contribution is 5.86. The van der Waals surface area contributed by atoms with Gasteiger partial charge in [0, 0.05) is 39.1 Å². The number of hydrogen-bond acceptors (Lipinski definition) is 6. The number of fused-ring (bicyclic) bond motifs is 1. The van der Waals surface area contributed by atoms with Crippen LogP contribution in [-0.4, -0.2) is 57.9 Å². The molecule has 1 fully saturated rings. The van der Waals surface area contributed by atoms with Crippen LogP contribution in [0.2, 0.25) is 0 Å². The van der Waals surface area contributed by atoms with Gasteiger partial charge in [0.2, 0.25) is 0 Å². The average Bonchev–Trinajstić information content (AvgIpc) is 2.92. The maximum atomic E-state index is 8.63. The molecule has 0 saturated carbocycles. The quantitative estimate of drug-likeness (QED) is 0.776. The van der Waals surface area contributed by atoms with E-state index in [4.69, 9.17) is 5.26 Å². The second-order valence-corrected chi connectivity index (χ2v) is 5.35. The minimum atomic E-state index is 0.539. The summed E-state index contributed by atoms with van der Waals surface area (Å²) in [5.41, 5.74) is 0.858. The molecule has 7 heteroatoms. The molecule has 3 heterocycles. The lowest BCUT2D eigenvalue weighted by atomic mass is 10.3. The van der Waals surface area contributed by atoms with Crippen LogP contribution in [0.25, 0.3) is 11.0 Å². The van der Waals surface area contributed by atoms with Crippen molar-refractivity contribution in [1.29, 1.82) is 5.26 Å². The predicted octanol–water partition coefficient (Wildman–Crippen LogP) is 0.882. The van der Waals surface area contributed by atoms with E-state index in [1.165, 1.54) is 0 Å². The standard InChI is InChI=1S/C14H19N7/c1-19-6-8-20(9-7-19)13-12-10-18-21(5-3-2-4-15)14(12)17-11-16-13/h10-11H,2-3,5-9H2,1H3. The Bertz CT molecular complexity index is 649. The topological polar surface area (TPSA) is 73.9 Å².